The lowest BCUT2D eigenvalue weighted by Gasteiger charge is -2.38. The molecule has 0 unspecified atom stereocenters. The average Bonchev–Trinajstić information content (AvgIpc) is 2.38. The molecule has 0 radical (unpaired) electrons. The van der Waals surface area contributed by atoms with Crippen LogP contribution in [0.4, 0.5) is 0 Å². The Morgan fingerprint density at radius 1 is 1.28 bits per heavy atom. The predicted octanol–water partition coefficient (Wildman–Crippen LogP) is 1.39. The molecule has 1 aliphatic heterocycles. The minimum absolute atomic E-state index is 0.254. The molecule has 1 heterocycles. The van der Waals surface area contributed by atoms with E-state index in [9.17, 15) is 0 Å². The fraction of sp³-hybridized carbons (Fsp3) is 0.500. The summed E-state index contributed by atoms with van der Waals surface area (Å²) in [4.78, 5) is 4.22. The van der Waals surface area contributed by atoms with E-state index in [2.05, 4.69) is 34.7 Å². The number of hydrogen-bond donors (Lipinski definition) is 2. The number of hydrogen-bond acceptors (Lipinski definition) is 2. The minimum Gasteiger partial charge on any atom is -0.380 e. The zero-order valence-electron chi connectivity index (χ0n) is 11.1. The van der Waals surface area contributed by atoms with Crippen molar-refractivity contribution in [1.82, 2.24) is 10.6 Å². The second-order valence-electron chi connectivity index (χ2n) is 5.07. The van der Waals surface area contributed by atoms with Gasteiger partial charge in [-0.3, -0.25) is 4.99 Å². The summed E-state index contributed by atoms with van der Waals surface area (Å²) >= 11 is 0. The van der Waals surface area contributed by atoms with Gasteiger partial charge >= 0.3 is 0 Å². The maximum absolute atomic E-state index is 5.23. The van der Waals surface area contributed by atoms with Crippen LogP contribution in [0, 0.1) is 5.41 Å². The molecule has 0 aromatic heterocycles. The summed E-state index contributed by atoms with van der Waals surface area (Å²) in [5, 5.41) is 6.65. The van der Waals surface area contributed by atoms with Gasteiger partial charge in [0.2, 0.25) is 0 Å². The first-order valence-electron chi connectivity index (χ1n) is 6.28. The molecule has 1 saturated heterocycles. The Morgan fingerprint density at radius 2 is 2.00 bits per heavy atom. The van der Waals surface area contributed by atoms with Gasteiger partial charge in [0.05, 0.1) is 13.2 Å². The summed E-state index contributed by atoms with van der Waals surface area (Å²) in [6, 6.07) is 10.3. The molecule has 0 amide bonds. The van der Waals surface area contributed by atoms with Gasteiger partial charge < -0.3 is 15.4 Å². The van der Waals surface area contributed by atoms with Crippen molar-refractivity contribution in [2.45, 2.75) is 13.5 Å². The topological polar surface area (TPSA) is 45.7 Å². The summed E-state index contributed by atoms with van der Waals surface area (Å²) in [7, 11) is 1.79. The van der Waals surface area contributed by atoms with Crippen molar-refractivity contribution >= 4 is 5.96 Å². The van der Waals surface area contributed by atoms with Crippen LogP contribution < -0.4 is 10.6 Å². The van der Waals surface area contributed by atoms with E-state index in [-0.39, 0.29) is 5.41 Å². The van der Waals surface area contributed by atoms with Gasteiger partial charge in [0.25, 0.3) is 0 Å². The molecule has 0 spiro atoms. The van der Waals surface area contributed by atoms with Crippen LogP contribution in [0.3, 0.4) is 0 Å². The molecule has 1 aromatic carbocycles. The van der Waals surface area contributed by atoms with Crippen LogP contribution in [-0.4, -0.2) is 32.8 Å². The van der Waals surface area contributed by atoms with Crippen molar-refractivity contribution < 1.29 is 4.74 Å². The van der Waals surface area contributed by atoms with Gasteiger partial charge in [-0.05, 0) is 5.56 Å². The van der Waals surface area contributed by atoms with E-state index in [4.69, 9.17) is 4.74 Å². The highest BCUT2D eigenvalue weighted by Crippen LogP contribution is 2.24. The first-order valence-corrected chi connectivity index (χ1v) is 6.28. The van der Waals surface area contributed by atoms with Crippen molar-refractivity contribution in [2.75, 3.05) is 26.8 Å². The largest absolute Gasteiger partial charge is 0.380 e. The Morgan fingerprint density at radius 3 is 2.56 bits per heavy atom. The highest BCUT2D eigenvalue weighted by Gasteiger charge is 2.33. The lowest BCUT2D eigenvalue weighted by molar-refractivity contribution is -0.0971. The lowest BCUT2D eigenvalue weighted by atomic mass is 9.89. The second kappa shape index (κ2) is 5.87. The molecular weight excluding hydrogens is 226 g/mol. The molecule has 1 aliphatic rings. The van der Waals surface area contributed by atoms with Crippen molar-refractivity contribution in [1.29, 1.82) is 0 Å². The number of rotatable bonds is 4. The van der Waals surface area contributed by atoms with Crippen LogP contribution in [0.25, 0.3) is 0 Å². The zero-order chi connectivity index (χ0) is 12.8. The van der Waals surface area contributed by atoms with Crippen LogP contribution in [0.1, 0.15) is 12.5 Å². The lowest BCUT2D eigenvalue weighted by Crippen LogP contribution is -2.50. The van der Waals surface area contributed by atoms with Gasteiger partial charge in [-0.25, -0.2) is 0 Å². The molecule has 0 saturated carbocycles. The number of benzene rings is 1. The van der Waals surface area contributed by atoms with E-state index < -0.39 is 0 Å². The number of nitrogens with one attached hydrogen (secondary N) is 2. The van der Waals surface area contributed by atoms with Crippen LogP contribution in [0.2, 0.25) is 0 Å². The molecule has 4 heteroatoms. The standard InChI is InChI=1S/C14H21N3O/c1-14(10-18-11-14)9-17-13(15-2)16-8-12-6-4-3-5-7-12/h3-7H,8-11H2,1-2H3,(H2,15,16,17). The summed E-state index contributed by atoms with van der Waals surface area (Å²) in [6.07, 6.45) is 0. The van der Waals surface area contributed by atoms with Gasteiger partial charge in [-0.2, -0.15) is 0 Å². The fourth-order valence-electron chi connectivity index (χ4n) is 1.85. The minimum atomic E-state index is 0.254. The first kappa shape index (κ1) is 12.9. The Bertz CT molecular complexity index is 399. The van der Waals surface area contributed by atoms with Crippen LogP contribution in [0.15, 0.2) is 35.3 Å². The number of guanidine groups is 1. The quantitative estimate of drug-likeness (QED) is 0.624. The molecule has 2 N–H and O–H groups in total. The van der Waals surface area contributed by atoms with Gasteiger partial charge in [0.15, 0.2) is 5.96 Å². The summed E-state index contributed by atoms with van der Waals surface area (Å²) in [5.41, 5.74) is 1.50. The van der Waals surface area contributed by atoms with Crippen LogP contribution in [0.5, 0.6) is 0 Å². The van der Waals surface area contributed by atoms with E-state index >= 15 is 0 Å². The molecule has 0 aliphatic carbocycles. The number of ether oxygens (including phenoxy) is 1. The van der Waals surface area contributed by atoms with Gasteiger partial charge in [0, 0.05) is 25.6 Å². The Hall–Kier alpha value is -1.55. The monoisotopic (exact) mass is 247 g/mol. The molecule has 18 heavy (non-hydrogen) atoms. The van der Waals surface area contributed by atoms with Crippen molar-refractivity contribution in [3.8, 4) is 0 Å². The third-order valence-electron chi connectivity index (χ3n) is 3.11. The van der Waals surface area contributed by atoms with Gasteiger partial charge in [-0.1, -0.05) is 37.3 Å². The highest BCUT2D eigenvalue weighted by atomic mass is 16.5. The Labute approximate surface area is 108 Å². The molecular formula is C14H21N3O. The molecule has 4 nitrogen and oxygen atoms in total. The van der Waals surface area contributed by atoms with Crippen LogP contribution >= 0.6 is 0 Å². The summed E-state index contributed by atoms with van der Waals surface area (Å²) < 4.78 is 5.23. The maximum atomic E-state index is 5.23. The summed E-state index contributed by atoms with van der Waals surface area (Å²) in [5.74, 6) is 0.840. The normalized spacial score (nSPS) is 18.0. The van der Waals surface area contributed by atoms with Crippen molar-refractivity contribution in [3.63, 3.8) is 0 Å². The summed E-state index contributed by atoms with van der Waals surface area (Å²) in [6.45, 7) is 5.55. The van der Waals surface area contributed by atoms with E-state index in [1.54, 1.807) is 7.05 Å². The smallest absolute Gasteiger partial charge is 0.191 e. The molecule has 98 valence electrons. The number of nitrogens with zero attached hydrogens (tertiary/aromatic N) is 1. The van der Waals surface area contributed by atoms with Crippen molar-refractivity contribution in [2.24, 2.45) is 10.4 Å². The average molecular weight is 247 g/mol. The SMILES string of the molecule is CN=C(NCc1ccccc1)NCC1(C)COC1. The van der Waals surface area contributed by atoms with Gasteiger partial charge in [0.1, 0.15) is 0 Å². The zero-order valence-corrected chi connectivity index (χ0v) is 11.1. The molecule has 2 rings (SSSR count). The van der Waals surface area contributed by atoms with Gasteiger partial charge in [-0.15, -0.1) is 0 Å². The molecule has 1 fully saturated rings. The Balaban J connectivity index is 1.76. The van der Waals surface area contributed by atoms with E-state index in [1.165, 1.54) is 5.56 Å². The van der Waals surface area contributed by atoms with E-state index in [1.807, 2.05) is 18.2 Å². The third-order valence-corrected chi connectivity index (χ3v) is 3.11. The fourth-order valence-corrected chi connectivity index (χ4v) is 1.85. The van der Waals surface area contributed by atoms with E-state index in [0.717, 1.165) is 32.3 Å². The number of aliphatic imine (C=N–C) groups is 1. The maximum Gasteiger partial charge on any atom is 0.191 e. The molecule has 0 atom stereocenters. The van der Waals surface area contributed by atoms with Crippen LogP contribution in [-0.2, 0) is 11.3 Å². The second-order valence-corrected chi connectivity index (χ2v) is 5.07. The predicted molar refractivity (Wildman–Crippen MR) is 73.6 cm³/mol. The molecule has 1 aromatic rings. The van der Waals surface area contributed by atoms with Crippen molar-refractivity contribution in [3.05, 3.63) is 35.9 Å². The Kier molecular flexibility index (Phi) is 4.20. The molecule has 0 bridgehead atoms. The third kappa shape index (κ3) is 3.47. The first-order chi connectivity index (χ1) is 8.72. The van der Waals surface area contributed by atoms with E-state index in [0.29, 0.717) is 0 Å². The highest BCUT2D eigenvalue weighted by molar-refractivity contribution is 5.79.